The van der Waals surface area contributed by atoms with Crippen molar-refractivity contribution in [3.05, 3.63) is 55.1 Å². The molecule has 8 heteroatoms. The summed E-state index contributed by atoms with van der Waals surface area (Å²) >= 11 is 23.8. The van der Waals surface area contributed by atoms with Gasteiger partial charge in [0.1, 0.15) is 0 Å². The molecule has 1 aromatic carbocycles. The number of carbonyl (C=O) groups is 2. The van der Waals surface area contributed by atoms with Crippen molar-refractivity contribution in [2.24, 2.45) is 0 Å². The van der Waals surface area contributed by atoms with E-state index in [2.05, 4.69) is 5.32 Å². The van der Waals surface area contributed by atoms with Gasteiger partial charge < -0.3 is 10.4 Å². The number of hydrogen-bond acceptors (Lipinski definition) is 3. The second-order valence-corrected chi connectivity index (χ2v) is 6.98. The number of carbonyl (C=O) groups excluding carboxylic acids is 2. The van der Waals surface area contributed by atoms with Crippen LogP contribution in [0.3, 0.4) is 0 Å². The van der Waals surface area contributed by atoms with E-state index in [1.54, 1.807) is 13.8 Å². The van der Waals surface area contributed by atoms with E-state index >= 15 is 0 Å². The quantitative estimate of drug-likeness (QED) is 0.571. The first-order chi connectivity index (χ1) is 11.1. The molecule has 0 aromatic heterocycles. The van der Waals surface area contributed by atoms with Crippen LogP contribution in [-0.4, -0.2) is 22.4 Å². The summed E-state index contributed by atoms with van der Waals surface area (Å²) in [5.74, 6) is -1.28. The topological polar surface area (TPSA) is 66.4 Å². The molecule has 1 unspecified atom stereocenters. The fraction of sp³-hybridized carbons (Fsp3) is 0.250. The standard InChI is InChI=1S/C16H13Cl4NO3/c1-3-9-14(7(2)17)21-15(23)16(9,24)6-11(22)8-4-5-10(18)13(20)12(8)19/h3-5,24H,6H2,1-2H3,(H,21,23)/b9-3+,14-7-. The summed E-state index contributed by atoms with van der Waals surface area (Å²) in [7, 11) is 0. The number of aliphatic hydroxyl groups is 1. The first-order valence-electron chi connectivity index (χ1n) is 6.87. The van der Waals surface area contributed by atoms with Gasteiger partial charge in [-0.1, -0.05) is 52.5 Å². The van der Waals surface area contributed by atoms with Gasteiger partial charge in [-0.25, -0.2) is 0 Å². The molecule has 24 heavy (non-hydrogen) atoms. The zero-order valence-electron chi connectivity index (χ0n) is 12.7. The maximum Gasteiger partial charge on any atom is 0.261 e. The van der Waals surface area contributed by atoms with Crippen LogP contribution in [0, 0.1) is 0 Å². The van der Waals surface area contributed by atoms with Crippen LogP contribution in [0.2, 0.25) is 15.1 Å². The molecule has 1 aliphatic rings. The number of nitrogens with one attached hydrogen (secondary N) is 1. The van der Waals surface area contributed by atoms with Crippen molar-refractivity contribution in [1.29, 1.82) is 0 Å². The van der Waals surface area contributed by atoms with Crippen LogP contribution in [0.4, 0.5) is 0 Å². The number of Topliss-reactive ketones (excluding diaryl/α,β-unsaturated/α-hetero) is 1. The third kappa shape index (κ3) is 3.22. The Bertz CT molecular complexity index is 797. The molecule has 1 fully saturated rings. The number of hydrogen-bond donors (Lipinski definition) is 2. The summed E-state index contributed by atoms with van der Waals surface area (Å²) in [5, 5.41) is 13.8. The van der Waals surface area contributed by atoms with Crippen LogP contribution in [0.5, 0.6) is 0 Å². The lowest BCUT2D eigenvalue weighted by Crippen LogP contribution is -2.41. The highest BCUT2D eigenvalue weighted by atomic mass is 35.5. The lowest BCUT2D eigenvalue weighted by atomic mass is 9.87. The van der Waals surface area contributed by atoms with Crippen molar-refractivity contribution in [2.75, 3.05) is 0 Å². The summed E-state index contributed by atoms with van der Waals surface area (Å²) in [6.45, 7) is 3.21. The first-order valence-corrected chi connectivity index (χ1v) is 8.38. The Hall–Kier alpha value is -1.04. The lowest BCUT2D eigenvalue weighted by molar-refractivity contribution is -0.132. The third-order valence-corrected chi connectivity index (χ3v) is 5.20. The number of benzene rings is 1. The number of halogens is 4. The predicted molar refractivity (Wildman–Crippen MR) is 95.8 cm³/mol. The molecule has 0 aliphatic carbocycles. The summed E-state index contributed by atoms with van der Waals surface area (Å²) in [5.41, 5.74) is -1.43. The van der Waals surface area contributed by atoms with Crippen molar-refractivity contribution in [1.82, 2.24) is 5.32 Å². The van der Waals surface area contributed by atoms with Gasteiger partial charge >= 0.3 is 0 Å². The minimum Gasteiger partial charge on any atom is -0.375 e. The molecule has 1 heterocycles. The van der Waals surface area contributed by atoms with E-state index in [-0.39, 0.29) is 26.2 Å². The van der Waals surface area contributed by atoms with Gasteiger partial charge in [0.25, 0.3) is 5.91 Å². The maximum atomic E-state index is 12.6. The van der Waals surface area contributed by atoms with Gasteiger partial charge in [0.05, 0.1) is 27.2 Å². The van der Waals surface area contributed by atoms with Gasteiger partial charge in [-0.2, -0.15) is 0 Å². The molecular formula is C16H13Cl4NO3. The summed E-state index contributed by atoms with van der Waals surface area (Å²) < 4.78 is 0. The zero-order chi connectivity index (χ0) is 18.2. The van der Waals surface area contributed by atoms with Crippen LogP contribution in [0.25, 0.3) is 0 Å². The largest absolute Gasteiger partial charge is 0.375 e. The summed E-state index contributed by atoms with van der Waals surface area (Å²) in [4.78, 5) is 24.8. The first kappa shape index (κ1) is 19.3. The van der Waals surface area contributed by atoms with E-state index in [0.29, 0.717) is 10.7 Å². The molecule has 1 saturated heterocycles. The van der Waals surface area contributed by atoms with E-state index < -0.39 is 23.7 Å². The Kier molecular flexibility index (Phi) is 5.68. The highest BCUT2D eigenvalue weighted by molar-refractivity contribution is 6.49. The highest BCUT2D eigenvalue weighted by Gasteiger charge is 2.49. The highest BCUT2D eigenvalue weighted by Crippen LogP contribution is 2.38. The second kappa shape index (κ2) is 7.06. The molecule has 2 rings (SSSR count). The third-order valence-electron chi connectivity index (χ3n) is 3.71. The van der Waals surface area contributed by atoms with Crippen molar-refractivity contribution in [3.8, 4) is 0 Å². The molecule has 0 spiro atoms. The van der Waals surface area contributed by atoms with E-state index in [4.69, 9.17) is 46.4 Å². The smallest absolute Gasteiger partial charge is 0.261 e. The minimum atomic E-state index is -2.03. The van der Waals surface area contributed by atoms with Crippen LogP contribution in [0.1, 0.15) is 30.6 Å². The Morgan fingerprint density at radius 1 is 1.29 bits per heavy atom. The van der Waals surface area contributed by atoms with Gasteiger partial charge in [-0.3, -0.25) is 9.59 Å². The molecule has 1 atom stereocenters. The molecule has 1 aliphatic heterocycles. The minimum absolute atomic E-state index is 0.0255. The van der Waals surface area contributed by atoms with Gasteiger partial charge in [0, 0.05) is 16.2 Å². The Morgan fingerprint density at radius 2 is 1.92 bits per heavy atom. The average Bonchev–Trinajstić information content (AvgIpc) is 2.76. The zero-order valence-corrected chi connectivity index (χ0v) is 15.7. The molecule has 1 aromatic rings. The van der Waals surface area contributed by atoms with E-state index in [1.165, 1.54) is 18.2 Å². The van der Waals surface area contributed by atoms with Gasteiger partial charge in [0.2, 0.25) is 0 Å². The van der Waals surface area contributed by atoms with E-state index in [9.17, 15) is 14.7 Å². The summed E-state index contributed by atoms with van der Waals surface area (Å²) in [6.07, 6.45) is 1.02. The molecule has 2 N–H and O–H groups in total. The SMILES string of the molecule is C/C=C1\C(=C(/C)Cl)NC(=O)C1(O)CC(=O)c1ccc(Cl)c(Cl)c1Cl. The normalized spacial score (nSPS) is 24.3. The van der Waals surface area contributed by atoms with Crippen LogP contribution < -0.4 is 5.32 Å². The number of allylic oxidation sites excluding steroid dienone is 2. The summed E-state index contributed by atoms with van der Waals surface area (Å²) in [6, 6.07) is 2.82. The van der Waals surface area contributed by atoms with Crippen molar-refractivity contribution in [2.45, 2.75) is 25.9 Å². The molecular weight excluding hydrogens is 396 g/mol. The molecule has 0 saturated carbocycles. The average molecular weight is 409 g/mol. The number of rotatable bonds is 3. The van der Waals surface area contributed by atoms with Crippen LogP contribution in [-0.2, 0) is 4.79 Å². The van der Waals surface area contributed by atoms with Crippen molar-refractivity contribution in [3.63, 3.8) is 0 Å². The fourth-order valence-corrected chi connectivity index (χ4v) is 3.30. The molecule has 0 bridgehead atoms. The molecule has 0 radical (unpaired) electrons. The van der Waals surface area contributed by atoms with E-state index in [1.807, 2.05) is 0 Å². The van der Waals surface area contributed by atoms with Gasteiger partial charge in [-0.15, -0.1) is 0 Å². The fourth-order valence-electron chi connectivity index (χ4n) is 2.51. The lowest BCUT2D eigenvalue weighted by Gasteiger charge is -2.21. The van der Waals surface area contributed by atoms with Gasteiger partial charge in [0.15, 0.2) is 11.4 Å². The van der Waals surface area contributed by atoms with E-state index in [0.717, 1.165) is 0 Å². The maximum absolute atomic E-state index is 12.6. The number of amides is 1. The monoisotopic (exact) mass is 407 g/mol. The van der Waals surface area contributed by atoms with Crippen LogP contribution in [0.15, 0.2) is 34.5 Å². The molecule has 128 valence electrons. The molecule has 4 nitrogen and oxygen atoms in total. The Labute approximate surface area is 159 Å². The van der Waals surface area contributed by atoms with Gasteiger partial charge in [-0.05, 0) is 26.0 Å². The predicted octanol–water partition coefficient (Wildman–Crippen LogP) is 4.50. The Balaban J connectivity index is 2.43. The van der Waals surface area contributed by atoms with Crippen molar-refractivity contribution >= 4 is 58.1 Å². The Morgan fingerprint density at radius 3 is 2.46 bits per heavy atom. The van der Waals surface area contributed by atoms with Crippen molar-refractivity contribution < 1.29 is 14.7 Å². The number of ketones is 1. The molecule has 1 amide bonds. The second-order valence-electron chi connectivity index (χ2n) is 5.25. The van der Waals surface area contributed by atoms with Crippen LogP contribution >= 0.6 is 46.4 Å².